The second-order valence-corrected chi connectivity index (χ2v) is 7.18. The maximum atomic E-state index is 4.55. The first kappa shape index (κ1) is 11.5. The van der Waals surface area contributed by atoms with Crippen LogP contribution in [0.1, 0.15) is 0 Å². The molecule has 0 spiro atoms. The van der Waals surface area contributed by atoms with E-state index in [-0.39, 0.29) is 0 Å². The van der Waals surface area contributed by atoms with E-state index in [1.807, 2.05) is 6.20 Å². The monoisotopic (exact) mass is 333 g/mol. The van der Waals surface area contributed by atoms with Crippen LogP contribution in [0.3, 0.4) is 0 Å². The molecule has 98 valence electrons. The molecule has 0 atom stereocenters. The van der Waals surface area contributed by atoms with Gasteiger partial charge in [-0.3, -0.25) is 0 Å². The molecule has 1 heterocycles. The van der Waals surface area contributed by atoms with Crippen molar-refractivity contribution in [3.8, 4) is 10.1 Å². The van der Waals surface area contributed by atoms with Gasteiger partial charge in [-0.1, -0.05) is 0 Å². The Labute approximate surface area is 127 Å². The SMILES string of the molecule is c1cc2ccc3ccc(-c4ncc[se]4)c4ccc(c1)c2c34. The number of hydrogen-bond acceptors (Lipinski definition) is 1. The van der Waals surface area contributed by atoms with Gasteiger partial charge in [-0.15, -0.1) is 0 Å². The van der Waals surface area contributed by atoms with Crippen molar-refractivity contribution in [1.82, 2.24) is 4.98 Å². The van der Waals surface area contributed by atoms with E-state index in [0.717, 1.165) is 0 Å². The first-order chi connectivity index (χ1) is 10.4. The molecule has 4 aromatic carbocycles. The Morgan fingerprint density at radius 3 is 2.19 bits per heavy atom. The summed E-state index contributed by atoms with van der Waals surface area (Å²) in [6.45, 7) is 0. The Bertz CT molecular complexity index is 1060. The second-order valence-electron chi connectivity index (χ2n) is 5.31. The van der Waals surface area contributed by atoms with Crippen LogP contribution < -0.4 is 0 Å². The molecule has 0 aliphatic carbocycles. The van der Waals surface area contributed by atoms with Crippen LogP contribution in [0.2, 0.25) is 0 Å². The zero-order valence-corrected chi connectivity index (χ0v) is 12.9. The Hall–Kier alpha value is -2.15. The molecule has 5 rings (SSSR count). The molecule has 0 saturated heterocycles. The summed E-state index contributed by atoms with van der Waals surface area (Å²) >= 11 is 0.364. The summed E-state index contributed by atoms with van der Waals surface area (Å²) in [5.41, 5.74) is 1.30. The first-order valence-electron chi connectivity index (χ1n) is 6.98. The third-order valence-electron chi connectivity index (χ3n) is 4.19. The van der Waals surface area contributed by atoms with Gasteiger partial charge in [0.2, 0.25) is 0 Å². The minimum atomic E-state index is 0.364. The van der Waals surface area contributed by atoms with Crippen molar-refractivity contribution in [2.75, 3.05) is 0 Å². The molecular weight excluding hydrogens is 321 g/mol. The summed E-state index contributed by atoms with van der Waals surface area (Å²) in [4.78, 5) is 6.73. The standard InChI is InChI=1S/C19H11NSe/c1-2-12-4-5-14-7-9-16(19-20-10-11-21-19)15-8-6-13(3-1)17(12)18(14)15/h1-11H. The summed E-state index contributed by atoms with van der Waals surface area (Å²) < 4.78 is 1.24. The van der Waals surface area contributed by atoms with Crippen LogP contribution >= 0.6 is 0 Å². The molecule has 5 aromatic rings. The Balaban J connectivity index is 2.07. The average Bonchev–Trinajstić information content (AvgIpc) is 3.07. The molecule has 0 fully saturated rings. The van der Waals surface area contributed by atoms with E-state index in [0.29, 0.717) is 14.5 Å². The van der Waals surface area contributed by atoms with Gasteiger partial charge in [0.05, 0.1) is 0 Å². The van der Waals surface area contributed by atoms with Crippen molar-refractivity contribution in [3.63, 3.8) is 0 Å². The van der Waals surface area contributed by atoms with E-state index < -0.39 is 0 Å². The molecule has 1 aromatic heterocycles. The zero-order valence-electron chi connectivity index (χ0n) is 11.2. The average molecular weight is 332 g/mol. The van der Waals surface area contributed by atoms with Crippen molar-refractivity contribution >= 4 is 46.8 Å². The number of hydrogen-bond donors (Lipinski definition) is 0. The van der Waals surface area contributed by atoms with Crippen molar-refractivity contribution < 1.29 is 0 Å². The van der Waals surface area contributed by atoms with E-state index in [1.54, 1.807) is 0 Å². The van der Waals surface area contributed by atoms with E-state index in [4.69, 9.17) is 0 Å². The van der Waals surface area contributed by atoms with E-state index in [1.165, 1.54) is 42.4 Å². The minimum absolute atomic E-state index is 0.364. The number of nitrogens with zero attached hydrogens (tertiary/aromatic N) is 1. The summed E-state index contributed by atoms with van der Waals surface area (Å²) in [7, 11) is 0. The van der Waals surface area contributed by atoms with Gasteiger partial charge in [0, 0.05) is 0 Å². The third kappa shape index (κ3) is 1.55. The summed E-state index contributed by atoms with van der Waals surface area (Å²) in [5.74, 6) is 0. The van der Waals surface area contributed by atoms with Crippen LogP contribution in [0.15, 0.2) is 65.7 Å². The van der Waals surface area contributed by atoms with Crippen molar-refractivity contribution in [1.29, 1.82) is 0 Å². The predicted molar refractivity (Wildman–Crippen MR) is 90.3 cm³/mol. The Kier molecular flexibility index (Phi) is 2.29. The quantitative estimate of drug-likeness (QED) is 0.320. The van der Waals surface area contributed by atoms with Crippen molar-refractivity contribution in [3.05, 3.63) is 65.7 Å². The summed E-state index contributed by atoms with van der Waals surface area (Å²) in [6.07, 6.45) is 1.94. The fourth-order valence-corrected chi connectivity index (χ4v) is 4.70. The van der Waals surface area contributed by atoms with Gasteiger partial charge in [0.25, 0.3) is 0 Å². The Morgan fingerprint density at radius 2 is 1.43 bits per heavy atom. The molecular formula is C19H11NSe. The molecule has 2 heteroatoms. The molecule has 0 aliphatic rings. The maximum absolute atomic E-state index is 4.55. The zero-order chi connectivity index (χ0) is 13.8. The van der Waals surface area contributed by atoms with Crippen LogP contribution in [-0.4, -0.2) is 19.5 Å². The van der Waals surface area contributed by atoms with Gasteiger partial charge < -0.3 is 0 Å². The van der Waals surface area contributed by atoms with E-state index >= 15 is 0 Å². The fraction of sp³-hybridized carbons (Fsp3) is 0. The van der Waals surface area contributed by atoms with Gasteiger partial charge >= 0.3 is 128 Å². The van der Waals surface area contributed by atoms with E-state index in [9.17, 15) is 0 Å². The molecule has 0 saturated carbocycles. The van der Waals surface area contributed by atoms with Crippen LogP contribution in [0.4, 0.5) is 0 Å². The molecule has 21 heavy (non-hydrogen) atoms. The predicted octanol–water partition coefficient (Wildman–Crippen LogP) is 4.70. The number of aromatic nitrogens is 1. The normalized spacial score (nSPS) is 11.8. The molecule has 0 aliphatic heterocycles. The number of rotatable bonds is 1. The first-order valence-corrected chi connectivity index (χ1v) is 8.83. The molecule has 0 N–H and O–H groups in total. The van der Waals surface area contributed by atoms with Crippen LogP contribution in [0.5, 0.6) is 0 Å². The number of benzene rings is 4. The Morgan fingerprint density at radius 1 is 0.714 bits per heavy atom. The van der Waals surface area contributed by atoms with Gasteiger partial charge in [0.15, 0.2) is 0 Å². The molecule has 0 bridgehead atoms. The van der Waals surface area contributed by atoms with Crippen LogP contribution in [-0.2, 0) is 0 Å². The fourth-order valence-electron chi connectivity index (χ4n) is 3.28. The second kappa shape index (κ2) is 4.17. The topological polar surface area (TPSA) is 12.9 Å². The van der Waals surface area contributed by atoms with Crippen molar-refractivity contribution in [2.24, 2.45) is 0 Å². The molecule has 0 unspecified atom stereocenters. The van der Waals surface area contributed by atoms with Crippen LogP contribution in [0, 0.1) is 0 Å². The molecule has 1 nitrogen and oxygen atoms in total. The van der Waals surface area contributed by atoms with Gasteiger partial charge in [-0.05, 0) is 0 Å². The van der Waals surface area contributed by atoms with Gasteiger partial charge in [-0.2, -0.15) is 0 Å². The van der Waals surface area contributed by atoms with E-state index in [2.05, 4.69) is 64.5 Å². The van der Waals surface area contributed by atoms with Gasteiger partial charge in [0.1, 0.15) is 0 Å². The van der Waals surface area contributed by atoms with Gasteiger partial charge in [-0.25, -0.2) is 0 Å². The molecule has 0 amide bonds. The van der Waals surface area contributed by atoms with Crippen LogP contribution in [0.25, 0.3) is 42.4 Å². The van der Waals surface area contributed by atoms with Crippen molar-refractivity contribution in [2.45, 2.75) is 0 Å². The summed E-state index contributed by atoms with van der Waals surface area (Å²) in [5, 5.41) is 8.06. The molecule has 0 radical (unpaired) electrons. The third-order valence-corrected chi connectivity index (χ3v) is 5.88. The summed E-state index contributed by atoms with van der Waals surface area (Å²) in [6, 6.07) is 20.0.